The van der Waals surface area contributed by atoms with Crippen LogP contribution in [0.2, 0.25) is 0 Å². The van der Waals surface area contributed by atoms with Gasteiger partial charge < -0.3 is 10.1 Å². The molecule has 2 heteroatoms. The van der Waals surface area contributed by atoms with E-state index in [1.54, 1.807) is 7.11 Å². The quantitative estimate of drug-likeness (QED) is 0.846. The van der Waals surface area contributed by atoms with Crippen molar-refractivity contribution in [1.29, 1.82) is 0 Å². The molecule has 0 amide bonds. The number of rotatable bonds is 6. The minimum absolute atomic E-state index is 0.671. The first-order valence-electron chi connectivity index (χ1n) is 8.03. The van der Waals surface area contributed by atoms with Gasteiger partial charge in [0.2, 0.25) is 0 Å². The molecular weight excluding hydrogens is 246 g/mol. The smallest absolute Gasteiger partial charge is 0.118 e. The molecule has 0 spiro atoms. The number of ether oxygens (including phenoxy) is 1. The summed E-state index contributed by atoms with van der Waals surface area (Å²) in [5.74, 6) is 2.75. The molecular formula is C18H29NO. The molecule has 2 nitrogen and oxygen atoms in total. The van der Waals surface area contributed by atoms with Crippen molar-refractivity contribution in [3.8, 4) is 5.75 Å². The lowest BCUT2D eigenvalue weighted by molar-refractivity contribution is 0.229. The van der Waals surface area contributed by atoms with Crippen LogP contribution in [0.4, 0.5) is 0 Å². The Bertz CT molecular complexity index is 379. The van der Waals surface area contributed by atoms with E-state index in [9.17, 15) is 0 Å². The molecule has 1 fully saturated rings. The summed E-state index contributed by atoms with van der Waals surface area (Å²) < 4.78 is 5.21. The largest absolute Gasteiger partial charge is 0.497 e. The summed E-state index contributed by atoms with van der Waals surface area (Å²) >= 11 is 0. The molecule has 1 aromatic carbocycles. The minimum Gasteiger partial charge on any atom is -0.497 e. The Morgan fingerprint density at radius 3 is 2.35 bits per heavy atom. The van der Waals surface area contributed by atoms with E-state index in [1.165, 1.54) is 37.7 Å². The van der Waals surface area contributed by atoms with Crippen LogP contribution in [0.15, 0.2) is 24.3 Å². The van der Waals surface area contributed by atoms with Gasteiger partial charge in [0.05, 0.1) is 7.11 Å². The van der Waals surface area contributed by atoms with Crippen LogP contribution in [0.25, 0.3) is 0 Å². The zero-order chi connectivity index (χ0) is 14.4. The van der Waals surface area contributed by atoms with Gasteiger partial charge in [0, 0.05) is 6.04 Å². The topological polar surface area (TPSA) is 21.3 Å². The highest BCUT2D eigenvalue weighted by Crippen LogP contribution is 2.31. The fourth-order valence-electron chi connectivity index (χ4n) is 3.42. The first-order chi connectivity index (χ1) is 9.72. The molecule has 0 bridgehead atoms. The maximum Gasteiger partial charge on any atom is 0.118 e. The summed E-state index contributed by atoms with van der Waals surface area (Å²) in [5.41, 5.74) is 1.41. The molecule has 1 aliphatic carbocycles. The molecule has 20 heavy (non-hydrogen) atoms. The molecule has 1 saturated carbocycles. The third-order valence-corrected chi connectivity index (χ3v) is 4.90. The summed E-state index contributed by atoms with van der Waals surface area (Å²) in [4.78, 5) is 0. The third-order valence-electron chi connectivity index (χ3n) is 4.90. The van der Waals surface area contributed by atoms with Crippen LogP contribution in [-0.4, -0.2) is 20.2 Å². The predicted octanol–water partition coefficient (Wildman–Crippen LogP) is 4.04. The summed E-state index contributed by atoms with van der Waals surface area (Å²) in [6.07, 6.45) is 8.00. The highest BCUT2D eigenvalue weighted by molar-refractivity contribution is 5.27. The highest BCUT2D eigenvalue weighted by Gasteiger charge is 2.24. The minimum atomic E-state index is 0.671. The van der Waals surface area contributed by atoms with Crippen molar-refractivity contribution in [3.05, 3.63) is 29.8 Å². The average molecular weight is 275 g/mol. The van der Waals surface area contributed by atoms with Crippen LogP contribution in [0, 0.1) is 11.8 Å². The zero-order valence-electron chi connectivity index (χ0n) is 13.2. The maximum absolute atomic E-state index is 5.21. The second kappa shape index (κ2) is 7.68. The van der Waals surface area contributed by atoms with Crippen molar-refractivity contribution in [2.75, 3.05) is 14.2 Å². The molecule has 0 radical (unpaired) electrons. The van der Waals surface area contributed by atoms with Crippen molar-refractivity contribution in [2.45, 2.75) is 51.5 Å². The summed E-state index contributed by atoms with van der Waals surface area (Å²) in [5, 5.41) is 3.55. The summed E-state index contributed by atoms with van der Waals surface area (Å²) in [6, 6.07) is 9.17. The number of methoxy groups -OCH3 is 1. The maximum atomic E-state index is 5.21. The lowest BCUT2D eigenvalue weighted by Gasteiger charge is -2.32. The van der Waals surface area contributed by atoms with Gasteiger partial charge >= 0.3 is 0 Å². The Hall–Kier alpha value is -1.02. The second-order valence-corrected chi connectivity index (χ2v) is 6.30. The summed E-state index contributed by atoms with van der Waals surface area (Å²) in [6.45, 7) is 2.39. The van der Waals surface area contributed by atoms with Gasteiger partial charge in [-0.05, 0) is 62.3 Å². The van der Waals surface area contributed by atoms with E-state index in [0.29, 0.717) is 6.04 Å². The Morgan fingerprint density at radius 1 is 1.15 bits per heavy atom. The molecule has 2 rings (SSSR count). The number of hydrogen-bond acceptors (Lipinski definition) is 2. The predicted molar refractivity (Wildman–Crippen MR) is 85.3 cm³/mol. The highest BCUT2D eigenvalue weighted by atomic mass is 16.5. The van der Waals surface area contributed by atoms with Crippen LogP contribution in [-0.2, 0) is 6.42 Å². The Labute approximate surface area is 123 Å². The molecule has 1 N–H and O–H groups in total. The molecule has 1 atom stereocenters. The Kier molecular flexibility index (Phi) is 5.90. The Balaban J connectivity index is 1.83. The number of hydrogen-bond donors (Lipinski definition) is 1. The third kappa shape index (κ3) is 4.24. The van der Waals surface area contributed by atoms with Crippen LogP contribution < -0.4 is 10.1 Å². The van der Waals surface area contributed by atoms with Crippen molar-refractivity contribution in [1.82, 2.24) is 5.32 Å². The van der Waals surface area contributed by atoms with Crippen LogP contribution >= 0.6 is 0 Å². The van der Waals surface area contributed by atoms with Gasteiger partial charge in [-0.3, -0.25) is 0 Å². The zero-order valence-corrected chi connectivity index (χ0v) is 13.2. The van der Waals surface area contributed by atoms with Crippen molar-refractivity contribution >= 4 is 0 Å². The van der Waals surface area contributed by atoms with E-state index < -0.39 is 0 Å². The van der Waals surface area contributed by atoms with Crippen molar-refractivity contribution in [2.24, 2.45) is 11.8 Å². The number of nitrogens with one attached hydrogen (secondary N) is 1. The lowest BCUT2D eigenvalue weighted by atomic mass is 9.78. The van der Waals surface area contributed by atoms with Crippen LogP contribution in [0.5, 0.6) is 5.75 Å². The molecule has 0 saturated heterocycles. The van der Waals surface area contributed by atoms with Gasteiger partial charge in [-0.15, -0.1) is 0 Å². The second-order valence-electron chi connectivity index (χ2n) is 6.30. The fourth-order valence-corrected chi connectivity index (χ4v) is 3.42. The first kappa shape index (κ1) is 15.4. The van der Waals surface area contributed by atoms with Gasteiger partial charge in [0.15, 0.2) is 0 Å². The van der Waals surface area contributed by atoms with E-state index >= 15 is 0 Å². The van der Waals surface area contributed by atoms with Gasteiger partial charge in [0.1, 0.15) is 5.75 Å². The molecule has 0 heterocycles. The molecule has 0 aliphatic heterocycles. The lowest BCUT2D eigenvalue weighted by Crippen LogP contribution is -2.36. The van der Waals surface area contributed by atoms with E-state index in [1.807, 2.05) is 0 Å². The van der Waals surface area contributed by atoms with E-state index in [4.69, 9.17) is 4.74 Å². The van der Waals surface area contributed by atoms with Crippen LogP contribution in [0.3, 0.4) is 0 Å². The van der Waals surface area contributed by atoms with Crippen molar-refractivity contribution in [3.63, 3.8) is 0 Å². The normalized spacial score (nSPS) is 24.4. The molecule has 1 aliphatic rings. The summed E-state index contributed by atoms with van der Waals surface area (Å²) in [7, 11) is 3.84. The van der Waals surface area contributed by atoms with Gasteiger partial charge in [0.25, 0.3) is 0 Å². The average Bonchev–Trinajstić information content (AvgIpc) is 2.50. The Morgan fingerprint density at radius 2 is 1.80 bits per heavy atom. The van der Waals surface area contributed by atoms with Gasteiger partial charge in [-0.1, -0.05) is 31.9 Å². The van der Waals surface area contributed by atoms with E-state index in [0.717, 1.165) is 24.0 Å². The van der Waals surface area contributed by atoms with Gasteiger partial charge in [-0.2, -0.15) is 0 Å². The molecule has 0 aromatic heterocycles. The standard InChI is InChI=1S/C18H29NO/c1-14-4-9-16(10-5-14)18(19-2)13-8-15-6-11-17(20-3)12-7-15/h6-7,11-12,14,16,18-19H,4-5,8-10,13H2,1-3H3. The van der Waals surface area contributed by atoms with E-state index in [-0.39, 0.29) is 0 Å². The van der Waals surface area contributed by atoms with E-state index in [2.05, 4.69) is 43.6 Å². The number of aryl methyl sites for hydroxylation is 1. The molecule has 1 aromatic rings. The molecule has 1 unspecified atom stereocenters. The fraction of sp³-hybridized carbons (Fsp3) is 0.667. The number of benzene rings is 1. The van der Waals surface area contributed by atoms with Crippen LogP contribution in [0.1, 0.15) is 44.6 Å². The molecule has 112 valence electrons. The monoisotopic (exact) mass is 275 g/mol. The SMILES string of the molecule is CNC(CCc1ccc(OC)cc1)C1CCC(C)CC1. The first-order valence-corrected chi connectivity index (χ1v) is 8.03. The van der Waals surface area contributed by atoms with Crippen molar-refractivity contribution < 1.29 is 4.74 Å². The van der Waals surface area contributed by atoms with Gasteiger partial charge in [-0.25, -0.2) is 0 Å².